The maximum Gasteiger partial charge on any atom is 0.174 e. The van der Waals surface area contributed by atoms with Crippen molar-refractivity contribution in [2.24, 2.45) is 5.92 Å². The van der Waals surface area contributed by atoms with Crippen molar-refractivity contribution in [3.8, 4) is 0 Å². The number of halogens is 2. The zero-order valence-electron chi connectivity index (χ0n) is 19.6. The van der Waals surface area contributed by atoms with Crippen molar-refractivity contribution in [3.63, 3.8) is 0 Å². The van der Waals surface area contributed by atoms with Gasteiger partial charge in [-0.15, -0.1) is 0 Å². The minimum Gasteiger partial charge on any atom is -0.370 e. The summed E-state index contributed by atoms with van der Waals surface area (Å²) in [6.07, 6.45) is 4.25. The quantitative estimate of drug-likeness (QED) is 0.256. The van der Waals surface area contributed by atoms with Gasteiger partial charge in [0.1, 0.15) is 0 Å². The third kappa shape index (κ3) is 4.31. The Morgan fingerprint density at radius 2 is 1.88 bits per heavy atom. The molecule has 34 heavy (non-hydrogen) atoms. The lowest BCUT2D eigenvalue weighted by molar-refractivity contribution is 0.438. The fourth-order valence-corrected chi connectivity index (χ4v) is 6.70. The van der Waals surface area contributed by atoms with Crippen molar-refractivity contribution in [1.29, 1.82) is 0 Å². The molecular formula is C26H29ClIN5S. The van der Waals surface area contributed by atoms with Crippen molar-refractivity contribution >= 4 is 62.9 Å². The summed E-state index contributed by atoms with van der Waals surface area (Å²) in [5.74, 6) is 0.780. The van der Waals surface area contributed by atoms with Gasteiger partial charge in [0.2, 0.25) is 0 Å². The van der Waals surface area contributed by atoms with Crippen molar-refractivity contribution < 1.29 is 0 Å². The Hall–Kier alpha value is -1.84. The van der Waals surface area contributed by atoms with Gasteiger partial charge in [-0.05, 0) is 97.7 Å². The molecule has 5 nitrogen and oxygen atoms in total. The van der Waals surface area contributed by atoms with Crippen LogP contribution in [0.2, 0.25) is 5.02 Å². The normalized spacial score (nSPS) is 21.3. The average Bonchev–Trinajstić information content (AvgIpc) is 3.29. The molecular weight excluding hydrogens is 577 g/mol. The Labute approximate surface area is 225 Å². The number of thiocarbonyl (C=S) groups is 1. The topological polar surface area (TPSA) is 47.2 Å². The second-order valence-electron chi connectivity index (χ2n) is 9.40. The minimum atomic E-state index is -0.0712. The molecule has 1 aromatic carbocycles. The van der Waals surface area contributed by atoms with Gasteiger partial charge in [-0.2, -0.15) is 0 Å². The maximum absolute atomic E-state index is 6.89. The predicted molar refractivity (Wildman–Crippen MR) is 153 cm³/mol. The first kappa shape index (κ1) is 23.9. The fraction of sp³-hybridized carbons (Fsp3) is 0.385. The summed E-state index contributed by atoms with van der Waals surface area (Å²) in [5.41, 5.74) is 6.63. The van der Waals surface area contributed by atoms with Crippen LogP contribution in [0.4, 0.5) is 11.4 Å². The number of anilines is 2. The van der Waals surface area contributed by atoms with E-state index < -0.39 is 0 Å². The molecule has 2 fully saturated rings. The second kappa shape index (κ2) is 9.66. The van der Waals surface area contributed by atoms with Crippen LogP contribution in [0.3, 0.4) is 0 Å². The van der Waals surface area contributed by atoms with Crippen LogP contribution in [0.15, 0.2) is 42.6 Å². The highest BCUT2D eigenvalue weighted by Gasteiger charge is 2.43. The first-order valence-electron chi connectivity index (χ1n) is 11.7. The van der Waals surface area contributed by atoms with Gasteiger partial charge < -0.3 is 20.1 Å². The second-order valence-corrected chi connectivity index (χ2v) is 11.3. The van der Waals surface area contributed by atoms with Crippen LogP contribution in [0, 0.1) is 23.3 Å². The summed E-state index contributed by atoms with van der Waals surface area (Å²) < 4.78 is 1.22. The average molecular weight is 606 g/mol. The Morgan fingerprint density at radius 1 is 1.12 bits per heavy atom. The van der Waals surface area contributed by atoms with Crippen molar-refractivity contribution in [2.45, 2.75) is 45.7 Å². The third-order valence-corrected chi connectivity index (χ3v) is 9.08. The van der Waals surface area contributed by atoms with E-state index in [4.69, 9.17) is 23.8 Å². The molecule has 0 unspecified atom stereocenters. The van der Waals surface area contributed by atoms with Crippen molar-refractivity contribution in [2.75, 3.05) is 22.9 Å². The number of hydrogen-bond donors (Lipinski definition) is 2. The molecule has 8 heteroatoms. The molecule has 4 heterocycles. The number of piperidine rings is 1. The standard InChI is InChI=1S/C26H29ClIN5S/c1-15-9-12-32(13-10-15)21-8-7-18(14-19(21)27)33-25(22-16(2)30-17(3)23(22)28)24(31-26(33)34)20-6-4-5-11-29-20/h4-8,11,14-15,24-25,30H,9-10,12-13H2,1-3H3,(H,31,34)/t24-,25-/m1/s1. The number of rotatable bonds is 4. The van der Waals surface area contributed by atoms with Crippen molar-refractivity contribution in [1.82, 2.24) is 15.3 Å². The number of nitrogens with one attached hydrogen (secondary N) is 2. The van der Waals surface area contributed by atoms with E-state index in [0.29, 0.717) is 5.11 Å². The number of aryl methyl sites for hydroxylation is 2. The molecule has 178 valence electrons. The summed E-state index contributed by atoms with van der Waals surface area (Å²) in [4.78, 5) is 12.8. The first-order valence-corrected chi connectivity index (χ1v) is 13.6. The van der Waals surface area contributed by atoms with E-state index in [2.05, 4.69) is 92.7 Å². The Kier molecular flexibility index (Phi) is 6.79. The van der Waals surface area contributed by atoms with Crippen LogP contribution >= 0.6 is 46.4 Å². The molecule has 2 aliphatic rings. The summed E-state index contributed by atoms with van der Waals surface area (Å²) in [5, 5.41) is 5.01. The van der Waals surface area contributed by atoms with E-state index in [9.17, 15) is 0 Å². The number of pyridine rings is 1. The predicted octanol–water partition coefficient (Wildman–Crippen LogP) is 6.70. The molecule has 2 saturated heterocycles. The maximum atomic E-state index is 6.89. The van der Waals surface area contributed by atoms with Crippen LogP contribution in [0.5, 0.6) is 0 Å². The highest BCUT2D eigenvalue weighted by atomic mass is 127. The lowest BCUT2D eigenvalue weighted by Gasteiger charge is -2.33. The minimum absolute atomic E-state index is 0.0444. The molecule has 0 bridgehead atoms. The van der Waals surface area contributed by atoms with E-state index in [1.807, 2.05) is 18.3 Å². The van der Waals surface area contributed by atoms with Gasteiger partial charge in [0, 0.05) is 45.5 Å². The van der Waals surface area contributed by atoms with E-state index in [-0.39, 0.29) is 12.1 Å². The molecule has 5 rings (SSSR count). The number of benzene rings is 1. The molecule has 0 saturated carbocycles. The molecule has 0 aliphatic carbocycles. The van der Waals surface area contributed by atoms with Crippen LogP contribution in [-0.2, 0) is 0 Å². The molecule has 2 aromatic heterocycles. The smallest absolute Gasteiger partial charge is 0.174 e. The first-order chi connectivity index (χ1) is 16.3. The monoisotopic (exact) mass is 605 g/mol. The Balaban J connectivity index is 1.56. The molecule has 2 N–H and O–H groups in total. The Morgan fingerprint density at radius 3 is 2.50 bits per heavy atom. The van der Waals surface area contributed by atoms with Crippen LogP contribution in [0.25, 0.3) is 0 Å². The summed E-state index contributed by atoms with van der Waals surface area (Å²) in [6, 6.07) is 12.3. The van der Waals surface area contributed by atoms with Gasteiger partial charge in [-0.25, -0.2) is 0 Å². The van der Waals surface area contributed by atoms with Crippen LogP contribution in [-0.4, -0.2) is 28.2 Å². The van der Waals surface area contributed by atoms with Crippen LogP contribution < -0.4 is 15.1 Å². The zero-order chi connectivity index (χ0) is 24.0. The molecule has 2 atom stereocenters. The number of hydrogen-bond acceptors (Lipinski definition) is 3. The zero-order valence-corrected chi connectivity index (χ0v) is 23.3. The highest BCUT2D eigenvalue weighted by Crippen LogP contribution is 2.45. The third-order valence-electron chi connectivity index (χ3n) is 7.07. The van der Waals surface area contributed by atoms with Gasteiger partial charge in [-0.3, -0.25) is 4.98 Å². The van der Waals surface area contributed by atoms with Gasteiger partial charge in [0.05, 0.1) is 28.5 Å². The highest BCUT2D eigenvalue weighted by molar-refractivity contribution is 14.1. The fourth-order valence-electron chi connectivity index (χ4n) is 5.20. The number of H-pyrrole nitrogens is 1. The number of aromatic nitrogens is 2. The lowest BCUT2D eigenvalue weighted by atomic mass is 9.96. The SMILES string of the molecule is Cc1[nH]c(C)c([C@@H]2[C@@H](c3ccccn3)NC(=S)N2c2ccc(N3CCC(C)CC3)c(Cl)c2)c1I. The number of nitrogens with zero attached hydrogens (tertiary/aromatic N) is 3. The molecule has 3 aromatic rings. The van der Waals surface area contributed by atoms with Gasteiger partial charge in [0.15, 0.2) is 5.11 Å². The van der Waals surface area contributed by atoms with Gasteiger partial charge in [0.25, 0.3) is 0 Å². The van der Waals surface area contributed by atoms with Crippen molar-refractivity contribution in [3.05, 3.63) is 73.8 Å². The lowest BCUT2D eigenvalue weighted by Crippen LogP contribution is -2.33. The van der Waals surface area contributed by atoms with E-state index in [1.54, 1.807) is 0 Å². The molecule has 0 amide bonds. The summed E-state index contributed by atoms with van der Waals surface area (Å²) >= 11 is 15.2. The molecule has 0 radical (unpaired) electrons. The van der Waals surface area contributed by atoms with Gasteiger partial charge in [-0.1, -0.05) is 24.6 Å². The number of aromatic amines is 1. The largest absolute Gasteiger partial charge is 0.370 e. The van der Waals surface area contributed by atoms with E-state index >= 15 is 0 Å². The summed E-state index contributed by atoms with van der Waals surface area (Å²) in [7, 11) is 0. The molecule has 0 spiro atoms. The van der Waals surface area contributed by atoms with Crippen LogP contribution in [0.1, 0.15) is 54.5 Å². The molecule has 2 aliphatic heterocycles. The van der Waals surface area contributed by atoms with E-state index in [0.717, 1.165) is 46.8 Å². The Bertz CT molecular complexity index is 1210. The van der Waals surface area contributed by atoms with Gasteiger partial charge >= 0.3 is 0 Å². The summed E-state index contributed by atoms with van der Waals surface area (Å²) in [6.45, 7) is 8.67. The van der Waals surface area contributed by atoms with E-state index in [1.165, 1.54) is 27.7 Å².